The fourth-order valence-electron chi connectivity index (χ4n) is 8.70. The Morgan fingerprint density at radius 2 is 1.65 bits per heavy atom. The number of piperidine rings is 1. The largest absolute Gasteiger partial charge is 0.514 e. The second-order valence-electron chi connectivity index (χ2n) is 14.2. The van der Waals surface area contributed by atoms with Gasteiger partial charge in [-0.1, -0.05) is 37.4 Å². The van der Waals surface area contributed by atoms with Crippen LogP contribution in [0.2, 0.25) is 0 Å². The predicted molar refractivity (Wildman–Crippen MR) is 205 cm³/mol. The van der Waals surface area contributed by atoms with E-state index in [0.29, 0.717) is 12.8 Å². The van der Waals surface area contributed by atoms with Gasteiger partial charge in [-0.2, -0.15) is 0 Å². The van der Waals surface area contributed by atoms with Crippen molar-refractivity contribution in [1.82, 2.24) is 9.88 Å². The van der Waals surface area contributed by atoms with E-state index in [1.807, 2.05) is 30.3 Å². The number of carbonyl (C=O) groups excluding carboxylic acids is 3. The first-order chi connectivity index (χ1) is 26.7. The summed E-state index contributed by atoms with van der Waals surface area (Å²) >= 11 is 0. The van der Waals surface area contributed by atoms with Gasteiger partial charge in [0.15, 0.2) is 11.5 Å². The third kappa shape index (κ3) is 7.38. The van der Waals surface area contributed by atoms with E-state index in [0.717, 1.165) is 53.9 Å². The van der Waals surface area contributed by atoms with Gasteiger partial charge in [-0.3, -0.25) is 9.69 Å². The first kappa shape index (κ1) is 37.6. The van der Waals surface area contributed by atoms with Crippen LogP contribution in [0.4, 0.5) is 4.79 Å². The molecule has 0 amide bonds. The van der Waals surface area contributed by atoms with E-state index in [2.05, 4.69) is 29.1 Å². The summed E-state index contributed by atoms with van der Waals surface area (Å²) in [5.41, 5.74) is 6.20. The fraction of sp³-hybridized carbons (Fsp3) is 0.372. The molecular weight excluding hydrogens is 704 g/mol. The minimum atomic E-state index is -0.991. The third-order valence-electron chi connectivity index (χ3n) is 11.3. The lowest BCUT2D eigenvalue weighted by molar-refractivity contribution is -0.155. The fourth-order valence-corrected chi connectivity index (χ4v) is 8.70. The van der Waals surface area contributed by atoms with Crippen LogP contribution < -0.4 is 18.9 Å². The van der Waals surface area contributed by atoms with Crippen LogP contribution in [-0.4, -0.2) is 75.6 Å². The average Bonchev–Trinajstić information content (AvgIpc) is 3.59. The highest BCUT2D eigenvalue weighted by atomic mass is 16.7. The SMILES string of the molecule is C=Cc1ccc(COC(=O)Oc2c(OC)cc(C(=O)OC3CC(C(=O)OC)[C@H]4CC5c6[nH]c7cc(OC)ccc7c6CCN5C[C@H]4C3)cc2OC)cc1C=C. The number of benzene rings is 3. The van der Waals surface area contributed by atoms with Crippen molar-refractivity contribution in [3.05, 3.63) is 95.2 Å². The number of aromatic amines is 1. The van der Waals surface area contributed by atoms with Crippen molar-refractivity contribution in [3.8, 4) is 23.0 Å². The molecule has 3 unspecified atom stereocenters. The molecule has 12 heteroatoms. The van der Waals surface area contributed by atoms with Crippen LogP contribution in [0.1, 0.15) is 63.6 Å². The number of fused-ring (bicyclic) bond motifs is 6. The van der Waals surface area contributed by atoms with Gasteiger partial charge in [0.25, 0.3) is 0 Å². The topological polar surface area (TPSA) is 135 Å². The first-order valence-electron chi connectivity index (χ1n) is 18.4. The number of ether oxygens (including phenoxy) is 7. The van der Waals surface area contributed by atoms with Crippen molar-refractivity contribution < 1.29 is 47.5 Å². The maximum absolute atomic E-state index is 13.7. The van der Waals surface area contributed by atoms with Crippen molar-refractivity contribution in [2.75, 3.05) is 41.5 Å². The summed E-state index contributed by atoms with van der Waals surface area (Å²) in [6.07, 6.45) is 4.55. The minimum absolute atomic E-state index is 0.0536. The van der Waals surface area contributed by atoms with Gasteiger partial charge in [-0.15, -0.1) is 0 Å². The van der Waals surface area contributed by atoms with E-state index in [1.165, 1.54) is 50.1 Å². The zero-order valence-corrected chi connectivity index (χ0v) is 31.6. The van der Waals surface area contributed by atoms with E-state index in [1.54, 1.807) is 19.3 Å². The summed E-state index contributed by atoms with van der Waals surface area (Å²) < 4.78 is 38.8. The number of carbonyl (C=O) groups is 3. The number of esters is 2. The van der Waals surface area contributed by atoms with Gasteiger partial charge in [-0.05, 0) is 90.1 Å². The highest BCUT2D eigenvalue weighted by Crippen LogP contribution is 2.50. The zero-order valence-electron chi connectivity index (χ0n) is 31.6. The molecule has 2 aliphatic heterocycles. The second-order valence-corrected chi connectivity index (χ2v) is 14.2. The van der Waals surface area contributed by atoms with E-state index >= 15 is 0 Å². The monoisotopic (exact) mass is 750 g/mol. The molecule has 4 aromatic rings. The van der Waals surface area contributed by atoms with Crippen molar-refractivity contribution >= 4 is 41.1 Å². The molecule has 3 aromatic carbocycles. The van der Waals surface area contributed by atoms with Gasteiger partial charge in [-0.25, -0.2) is 9.59 Å². The molecule has 1 saturated carbocycles. The number of aromatic nitrogens is 1. The number of methoxy groups -OCH3 is 4. The number of nitrogens with zero attached hydrogens (tertiary/aromatic N) is 1. The summed E-state index contributed by atoms with van der Waals surface area (Å²) in [4.78, 5) is 46.0. The van der Waals surface area contributed by atoms with Crippen LogP contribution in [0.15, 0.2) is 61.7 Å². The predicted octanol–water partition coefficient (Wildman–Crippen LogP) is 7.54. The minimum Gasteiger partial charge on any atom is -0.497 e. The standard InChI is InChI=1S/C43H46N2O10/c1-7-25-10-9-24(15-26(25)8-2)23-53-43(48)55-40-37(50-4)17-27(18-38(40)51-5)41(46)54-30-16-28-22-45-14-13-32-31-12-11-29(49-3)20-35(31)44-39(32)36(45)21-33(28)34(19-30)42(47)52-6/h7-12,15,17-18,20,28,30,33-34,36,44H,1-2,13-14,16,19,21-23H2,3-6H3/t28-,30?,33+,34?,36?/m1/s1. The summed E-state index contributed by atoms with van der Waals surface area (Å²) in [5.74, 6) is -0.290. The zero-order chi connectivity index (χ0) is 38.8. The average molecular weight is 751 g/mol. The van der Waals surface area contributed by atoms with E-state index in [9.17, 15) is 14.4 Å². The van der Waals surface area contributed by atoms with Gasteiger partial charge < -0.3 is 38.1 Å². The molecule has 1 aromatic heterocycles. The van der Waals surface area contributed by atoms with Gasteiger partial charge in [0.2, 0.25) is 5.75 Å². The molecule has 1 aliphatic carbocycles. The van der Waals surface area contributed by atoms with Crippen LogP contribution in [0.3, 0.4) is 0 Å². The van der Waals surface area contributed by atoms with E-state index in [4.69, 9.17) is 33.2 Å². The molecule has 2 fully saturated rings. The van der Waals surface area contributed by atoms with Crippen LogP contribution in [0, 0.1) is 17.8 Å². The Labute approximate surface area is 319 Å². The molecule has 5 atom stereocenters. The number of hydrogen-bond acceptors (Lipinski definition) is 11. The molecule has 3 heterocycles. The van der Waals surface area contributed by atoms with Gasteiger partial charge in [0.1, 0.15) is 18.5 Å². The molecule has 0 spiro atoms. The maximum Gasteiger partial charge on any atom is 0.514 e. The summed E-state index contributed by atoms with van der Waals surface area (Å²) in [7, 11) is 5.84. The van der Waals surface area contributed by atoms with Crippen molar-refractivity contribution in [2.24, 2.45) is 17.8 Å². The van der Waals surface area contributed by atoms with E-state index in [-0.39, 0.29) is 53.3 Å². The Balaban J connectivity index is 1.04. The van der Waals surface area contributed by atoms with Crippen LogP contribution >= 0.6 is 0 Å². The molecule has 3 aliphatic rings. The highest BCUT2D eigenvalue weighted by Gasteiger charge is 2.49. The van der Waals surface area contributed by atoms with Crippen LogP contribution in [0.25, 0.3) is 23.1 Å². The second kappa shape index (κ2) is 15.9. The summed E-state index contributed by atoms with van der Waals surface area (Å²) in [6, 6.07) is 14.6. The summed E-state index contributed by atoms with van der Waals surface area (Å²) in [5, 5.41) is 1.21. The van der Waals surface area contributed by atoms with Crippen molar-refractivity contribution in [1.29, 1.82) is 0 Å². The first-order valence-corrected chi connectivity index (χ1v) is 18.4. The molecule has 12 nitrogen and oxygen atoms in total. The Hall–Kier alpha value is -5.75. The molecule has 1 saturated heterocycles. The molecule has 0 bridgehead atoms. The number of hydrogen-bond donors (Lipinski definition) is 1. The van der Waals surface area contributed by atoms with Crippen molar-refractivity contribution in [3.63, 3.8) is 0 Å². The van der Waals surface area contributed by atoms with Crippen molar-refractivity contribution in [2.45, 2.75) is 44.4 Å². The molecule has 7 rings (SSSR count). The number of rotatable bonds is 11. The molecule has 1 N–H and O–H groups in total. The Morgan fingerprint density at radius 3 is 2.35 bits per heavy atom. The Bertz CT molecular complexity index is 2110. The quantitative estimate of drug-likeness (QED) is 0.0926. The summed E-state index contributed by atoms with van der Waals surface area (Å²) in [6.45, 7) is 9.22. The molecule has 288 valence electrons. The molecule has 0 radical (unpaired) electrons. The van der Waals surface area contributed by atoms with Gasteiger partial charge in [0, 0.05) is 35.8 Å². The highest BCUT2D eigenvalue weighted by molar-refractivity contribution is 5.92. The molecule has 55 heavy (non-hydrogen) atoms. The third-order valence-corrected chi connectivity index (χ3v) is 11.3. The van der Waals surface area contributed by atoms with E-state index < -0.39 is 24.1 Å². The smallest absolute Gasteiger partial charge is 0.497 e. The normalized spacial score (nSPS) is 21.6. The van der Waals surface area contributed by atoms with Gasteiger partial charge >= 0.3 is 18.1 Å². The maximum atomic E-state index is 13.7. The molecular formula is C43H46N2O10. The van der Waals surface area contributed by atoms with Gasteiger partial charge in [0.05, 0.1) is 46.0 Å². The Morgan fingerprint density at radius 1 is 0.891 bits per heavy atom. The lowest BCUT2D eigenvalue weighted by Gasteiger charge is -2.51. The number of nitrogens with one attached hydrogen (secondary N) is 1. The van der Waals surface area contributed by atoms with Crippen LogP contribution in [0.5, 0.6) is 23.0 Å². The number of H-pyrrole nitrogens is 1. The lowest BCUT2D eigenvalue weighted by Crippen LogP contribution is -2.52. The lowest BCUT2D eigenvalue weighted by atomic mass is 9.65. The Kier molecular flexibility index (Phi) is 10.9. The van der Waals surface area contributed by atoms with Crippen LogP contribution in [-0.2, 0) is 32.0 Å².